The van der Waals surface area contributed by atoms with Gasteiger partial charge in [0.25, 0.3) is 0 Å². The van der Waals surface area contributed by atoms with Crippen LogP contribution in [0, 0.1) is 5.92 Å². The van der Waals surface area contributed by atoms with Crippen molar-refractivity contribution in [2.75, 3.05) is 13.1 Å². The van der Waals surface area contributed by atoms with Crippen LogP contribution in [0.1, 0.15) is 32.3 Å². The van der Waals surface area contributed by atoms with E-state index in [9.17, 15) is 9.90 Å². The fourth-order valence-electron chi connectivity index (χ4n) is 2.80. The first-order chi connectivity index (χ1) is 8.55. The Bertz CT molecular complexity index is 418. The second-order valence-electron chi connectivity index (χ2n) is 5.44. The molecule has 0 aromatic heterocycles. The van der Waals surface area contributed by atoms with Crippen molar-refractivity contribution in [1.82, 2.24) is 4.90 Å². The first kappa shape index (κ1) is 13.1. The van der Waals surface area contributed by atoms with Crippen LogP contribution in [0.25, 0.3) is 0 Å². The highest BCUT2D eigenvalue weighted by molar-refractivity contribution is 5.80. The summed E-state index contributed by atoms with van der Waals surface area (Å²) in [6, 6.07) is 9.55. The molecule has 0 amide bonds. The lowest BCUT2D eigenvalue weighted by Crippen LogP contribution is -2.53. The second-order valence-corrected chi connectivity index (χ2v) is 5.44. The van der Waals surface area contributed by atoms with Crippen LogP contribution in [0.15, 0.2) is 30.3 Å². The van der Waals surface area contributed by atoms with Crippen LogP contribution in [0.2, 0.25) is 0 Å². The smallest absolute Gasteiger partial charge is 0.328 e. The lowest BCUT2D eigenvalue weighted by molar-refractivity contribution is -0.152. The molecule has 0 unspecified atom stereocenters. The first-order valence-electron chi connectivity index (χ1n) is 6.59. The third-order valence-corrected chi connectivity index (χ3v) is 4.04. The highest BCUT2D eigenvalue weighted by atomic mass is 16.4. The molecular formula is C15H21NO2. The zero-order valence-corrected chi connectivity index (χ0v) is 11.1. The number of piperidine rings is 1. The Morgan fingerprint density at radius 2 is 2.06 bits per heavy atom. The fourth-order valence-corrected chi connectivity index (χ4v) is 2.80. The second kappa shape index (κ2) is 5.11. The molecule has 1 aliphatic rings. The van der Waals surface area contributed by atoms with E-state index in [4.69, 9.17) is 0 Å². The Morgan fingerprint density at radius 3 is 2.61 bits per heavy atom. The number of carboxylic acids is 1. The van der Waals surface area contributed by atoms with Gasteiger partial charge in [0, 0.05) is 6.54 Å². The Morgan fingerprint density at radius 1 is 1.39 bits per heavy atom. The van der Waals surface area contributed by atoms with E-state index in [1.165, 1.54) is 6.42 Å². The monoisotopic (exact) mass is 247 g/mol. The summed E-state index contributed by atoms with van der Waals surface area (Å²) in [7, 11) is 0. The molecule has 1 aromatic rings. The van der Waals surface area contributed by atoms with E-state index in [0.717, 1.165) is 25.1 Å². The highest BCUT2D eigenvalue weighted by Gasteiger charge is 2.42. The average Bonchev–Trinajstić information content (AvgIpc) is 2.38. The number of hydrogen-bond donors (Lipinski definition) is 1. The number of benzene rings is 1. The highest BCUT2D eigenvalue weighted by Crippen LogP contribution is 2.32. The molecule has 0 radical (unpaired) electrons. The number of rotatable bonds is 3. The van der Waals surface area contributed by atoms with Crippen molar-refractivity contribution in [3.8, 4) is 0 Å². The van der Waals surface area contributed by atoms with Crippen molar-refractivity contribution in [2.24, 2.45) is 5.92 Å². The molecule has 1 aromatic carbocycles. The van der Waals surface area contributed by atoms with Crippen molar-refractivity contribution in [3.05, 3.63) is 35.9 Å². The van der Waals surface area contributed by atoms with Gasteiger partial charge in [0.2, 0.25) is 0 Å². The molecule has 18 heavy (non-hydrogen) atoms. The van der Waals surface area contributed by atoms with E-state index in [0.29, 0.717) is 5.92 Å². The van der Waals surface area contributed by atoms with Crippen LogP contribution >= 0.6 is 0 Å². The number of hydrogen-bond acceptors (Lipinski definition) is 2. The number of likely N-dealkylation sites (tertiary alicyclic amines) is 1. The van der Waals surface area contributed by atoms with Crippen LogP contribution in [0.4, 0.5) is 0 Å². The van der Waals surface area contributed by atoms with Crippen molar-refractivity contribution >= 4 is 5.97 Å². The summed E-state index contributed by atoms with van der Waals surface area (Å²) in [4.78, 5) is 13.9. The minimum absolute atomic E-state index is 0.570. The van der Waals surface area contributed by atoms with E-state index in [2.05, 4.69) is 11.8 Å². The molecule has 0 saturated carbocycles. The standard InChI is InChI=1S/C15H21NO2/c1-12-7-6-10-16(11-12)15(2,14(17)18)13-8-4-3-5-9-13/h3-5,8-9,12H,6-7,10-11H2,1-2H3,(H,17,18)/t12-,15+/m1/s1. The summed E-state index contributed by atoms with van der Waals surface area (Å²) in [6.07, 6.45) is 2.28. The molecule has 2 rings (SSSR count). The third kappa shape index (κ3) is 2.27. The van der Waals surface area contributed by atoms with Crippen LogP contribution in [0.5, 0.6) is 0 Å². The maximum Gasteiger partial charge on any atom is 0.328 e. The normalized spacial score (nSPS) is 24.4. The summed E-state index contributed by atoms with van der Waals surface area (Å²) in [5, 5.41) is 9.68. The van der Waals surface area contributed by atoms with Gasteiger partial charge < -0.3 is 5.11 Å². The van der Waals surface area contributed by atoms with Crippen molar-refractivity contribution in [2.45, 2.75) is 32.2 Å². The van der Waals surface area contributed by atoms with Gasteiger partial charge in [0.05, 0.1) is 0 Å². The zero-order valence-electron chi connectivity index (χ0n) is 11.1. The number of carboxylic acid groups (broad SMARTS) is 1. The molecule has 3 heteroatoms. The summed E-state index contributed by atoms with van der Waals surface area (Å²) >= 11 is 0. The number of aliphatic carboxylic acids is 1. The molecular weight excluding hydrogens is 226 g/mol. The average molecular weight is 247 g/mol. The number of carbonyl (C=O) groups is 1. The largest absolute Gasteiger partial charge is 0.480 e. The predicted octanol–water partition coefficient (Wildman–Crippen LogP) is 2.72. The molecule has 1 aliphatic heterocycles. The third-order valence-electron chi connectivity index (χ3n) is 4.04. The SMILES string of the molecule is C[C@@H]1CCCN([C@](C)(C(=O)O)c2ccccc2)C1. The predicted molar refractivity (Wildman–Crippen MR) is 71.4 cm³/mol. The van der Waals surface area contributed by atoms with Crippen LogP contribution in [-0.4, -0.2) is 29.1 Å². The summed E-state index contributed by atoms with van der Waals surface area (Å²) in [6.45, 7) is 5.74. The minimum atomic E-state index is -0.907. The van der Waals surface area contributed by atoms with Gasteiger partial charge in [-0.15, -0.1) is 0 Å². The van der Waals surface area contributed by atoms with Gasteiger partial charge in [-0.25, -0.2) is 4.79 Å². The van der Waals surface area contributed by atoms with Gasteiger partial charge in [-0.1, -0.05) is 37.3 Å². The molecule has 1 saturated heterocycles. The maximum atomic E-state index is 11.8. The number of nitrogens with zero attached hydrogens (tertiary/aromatic N) is 1. The Kier molecular flexibility index (Phi) is 3.71. The van der Waals surface area contributed by atoms with Gasteiger partial charge in [-0.2, -0.15) is 0 Å². The Labute approximate surface area is 108 Å². The van der Waals surface area contributed by atoms with E-state index in [-0.39, 0.29) is 0 Å². The van der Waals surface area contributed by atoms with E-state index < -0.39 is 11.5 Å². The Balaban J connectivity index is 2.35. The summed E-state index contributed by atoms with van der Waals surface area (Å²) < 4.78 is 0. The maximum absolute atomic E-state index is 11.8. The van der Waals surface area contributed by atoms with Crippen molar-refractivity contribution < 1.29 is 9.90 Å². The molecule has 3 nitrogen and oxygen atoms in total. The van der Waals surface area contributed by atoms with Crippen molar-refractivity contribution in [1.29, 1.82) is 0 Å². The molecule has 0 spiro atoms. The van der Waals surface area contributed by atoms with Gasteiger partial charge in [0.1, 0.15) is 5.54 Å². The lowest BCUT2D eigenvalue weighted by Gasteiger charge is -2.42. The Hall–Kier alpha value is -1.35. The molecule has 2 atom stereocenters. The topological polar surface area (TPSA) is 40.5 Å². The van der Waals surface area contributed by atoms with E-state index in [1.807, 2.05) is 37.3 Å². The van der Waals surface area contributed by atoms with Gasteiger partial charge in [0.15, 0.2) is 0 Å². The van der Waals surface area contributed by atoms with Gasteiger partial charge >= 0.3 is 5.97 Å². The quantitative estimate of drug-likeness (QED) is 0.892. The van der Waals surface area contributed by atoms with Crippen LogP contribution in [0.3, 0.4) is 0 Å². The first-order valence-corrected chi connectivity index (χ1v) is 6.59. The summed E-state index contributed by atoms with van der Waals surface area (Å²) in [5.41, 5.74) is -0.0396. The van der Waals surface area contributed by atoms with Gasteiger partial charge in [-0.3, -0.25) is 4.90 Å². The molecule has 0 bridgehead atoms. The fraction of sp³-hybridized carbons (Fsp3) is 0.533. The lowest BCUT2D eigenvalue weighted by atomic mass is 9.86. The molecule has 98 valence electrons. The van der Waals surface area contributed by atoms with Crippen LogP contribution in [-0.2, 0) is 10.3 Å². The van der Waals surface area contributed by atoms with Crippen LogP contribution < -0.4 is 0 Å². The molecule has 1 heterocycles. The van der Waals surface area contributed by atoms with Crippen molar-refractivity contribution in [3.63, 3.8) is 0 Å². The zero-order chi connectivity index (χ0) is 13.2. The molecule has 1 fully saturated rings. The van der Waals surface area contributed by atoms with E-state index in [1.54, 1.807) is 0 Å². The minimum Gasteiger partial charge on any atom is -0.480 e. The molecule has 0 aliphatic carbocycles. The van der Waals surface area contributed by atoms with E-state index >= 15 is 0 Å². The summed E-state index contributed by atoms with van der Waals surface area (Å²) in [5.74, 6) is -0.191. The molecule has 1 N–H and O–H groups in total. The van der Waals surface area contributed by atoms with Gasteiger partial charge in [-0.05, 0) is 37.8 Å².